The summed E-state index contributed by atoms with van der Waals surface area (Å²) in [6, 6.07) is 0. The van der Waals surface area contributed by atoms with Gasteiger partial charge in [0.15, 0.2) is 6.54 Å². The first kappa shape index (κ1) is 15.3. The Balaban J connectivity index is 1.95. The molecule has 1 aliphatic carbocycles. The molecular weight excluding hydrogens is 272 g/mol. The van der Waals surface area contributed by atoms with Gasteiger partial charge in [0.1, 0.15) is 12.3 Å². The van der Waals surface area contributed by atoms with E-state index in [1.54, 1.807) is 4.57 Å². The van der Waals surface area contributed by atoms with E-state index in [2.05, 4.69) is 20.8 Å². The van der Waals surface area contributed by atoms with Gasteiger partial charge < -0.3 is 4.74 Å². The van der Waals surface area contributed by atoms with Gasteiger partial charge in [-0.05, 0) is 30.6 Å². The smallest absolute Gasteiger partial charge is 0.348 e. The maximum absolute atomic E-state index is 12.1. The molecule has 1 fully saturated rings. The Morgan fingerprint density at radius 1 is 1.55 bits per heavy atom. The molecule has 1 aromatic rings. The van der Waals surface area contributed by atoms with Crippen LogP contribution >= 0.6 is 11.3 Å². The Hall–Kier alpha value is -1.10. The summed E-state index contributed by atoms with van der Waals surface area (Å²) in [6.45, 7) is 6.88. The fourth-order valence-electron chi connectivity index (χ4n) is 3.04. The highest BCUT2D eigenvalue weighted by Gasteiger charge is 2.33. The van der Waals surface area contributed by atoms with E-state index in [1.165, 1.54) is 17.8 Å². The van der Waals surface area contributed by atoms with Gasteiger partial charge in [-0.15, -0.1) is 0 Å². The van der Waals surface area contributed by atoms with E-state index < -0.39 is 0 Å². The normalized spacial score (nSPS) is 26.7. The Morgan fingerprint density at radius 3 is 2.90 bits per heavy atom. The molecular formula is C15H25N2O2S+. The summed E-state index contributed by atoms with van der Waals surface area (Å²) in [5.41, 5.74) is 5.79. The number of nitrogen functional groups attached to an aromatic ring is 1. The van der Waals surface area contributed by atoms with Gasteiger partial charge in [0.25, 0.3) is 0 Å². The maximum atomic E-state index is 12.1. The summed E-state index contributed by atoms with van der Waals surface area (Å²) in [5, 5.41) is 2.52. The second kappa shape index (κ2) is 6.57. The van der Waals surface area contributed by atoms with Crippen LogP contribution in [0.4, 0.5) is 5.13 Å². The molecule has 1 saturated carbocycles. The van der Waals surface area contributed by atoms with E-state index in [4.69, 9.17) is 10.5 Å². The monoisotopic (exact) mass is 297 g/mol. The molecule has 1 aromatic heterocycles. The van der Waals surface area contributed by atoms with Gasteiger partial charge in [-0.1, -0.05) is 38.5 Å². The van der Waals surface area contributed by atoms with Gasteiger partial charge in [-0.25, -0.2) is 9.36 Å². The molecule has 1 heterocycles. The van der Waals surface area contributed by atoms with E-state index in [-0.39, 0.29) is 18.6 Å². The highest BCUT2D eigenvalue weighted by Crippen LogP contribution is 2.35. The molecule has 1 aliphatic rings. The molecule has 0 unspecified atom stereocenters. The molecule has 0 aliphatic heterocycles. The lowest BCUT2D eigenvalue weighted by Crippen LogP contribution is -2.42. The van der Waals surface area contributed by atoms with Crippen molar-refractivity contribution in [3.63, 3.8) is 0 Å². The van der Waals surface area contributed by atoms with Crippen LogP contribution < -0.4 is 10.3 Å². The van der Waals surface area contributed by atoms with Gasteiger partial charge in [0.2, 0.25) is 0 Å². The minimum atomic E-state index is -0.176. The molecule has 3 atom stereocenters. The summed E-state index contributed by atoms with van der Waals surface area (Å²) in [5.74, 6) is 1.51. The molecule has 0 spiro atoms. The van der Waals surface area contributed by atoms with E-state index in [0.29, 0.717) is 22.9 Å². The number of hydrogen-bond donors (Lipinski definition) is 1. The van der Waals surface area contributed by atoms with Crippen LogP contribution in [0.1, 0.15) is 40.0 Å². The van der Waals surface area contributed by atoms with Crippen molar-refractivity contribution in [1.29, 1.82) is 0 Å². The van der Waals surface area contributed by atoms with E-state index in [0.717, 1.165) is 12.8 Å². The summed E-state index contributed by atoms with van der Waals surface area (Å²) >= 11 is 1.43. The number of esters is 1. The lowest BCUT2D eigenvalue weighted by atomic mass is 9.75. The Morgan fingerprint density at radius 2 is 2.30 bits per heavy atom. The third kappa shape index (κ3) is 3.72. The van der Waals surface area contributed by atoms with Gasteiger partial charge in [-0.3, -0.25) is 5.73 Å². The molecule has 2 rings (SSSR count). The Labute approximate surface area is 124 Å². The number of anilines is 1. The van der Waals surface area contributed by atoms with Crippen LogP contribution in [0.15, 0.2) is 11.6 Å². The average molecular weight is 297 g/mol. The zero-order chi connectivity index (χ0) is 14.7. The van der Waals surface area contributed by atoms with Crippen molar-refractivity contribution >= 4 is 22.4 Å². The average Bonchev–Trinajstić information content (AvgIpc) is 2.74. The fraction of sp³-hybridized carbons (Fsp3) is 0.733. The van der Waals surface area contributed by atoms with Gasteiger partial charge >= 0.3 is 11.1 Å². The number of nitrogens with two attached hydrogens (primary N) is 1. The van der Waals surface area contributed by atoms with Gasteiger partial charge in [0.05, 0.1) is 0 Å². The molecule has 4 nitrogen and oxygen atoms in total. The number of carbonyl (C=O) groups is 1. The number of aromatic nitrogens is 1. The van der Waals surface area contributed by atoms with Crippen LogP contribution in [0.25, 0.3) is 0 Å². The topological polar surface area (TPSA) is 56.2 Å². The zero-order valence-corrected chi connectivity index (χ0v) is 13.4. The number of hydrogen-bond acceptors (Lipinski definition) is 4. The lowest BCUT2D eigenvalue weighted by molar-refractivity contribution is -0.667. The maximum Gasteiger partial charge on any atom is 0.348 e. The Kier molecular flexibility index (Phi) is 5.02. The van der Waals surface area contributed by atoms with Crippen molar-refractivity contribution in [1.82, 2.24) is 0 Å². The molecule has 2 N–H and O–H groups in total. The molecule has 0 amide bonds. The van der Waals surface area contributed by atoms with Crippen molar-refractivity contribution < 1.29 is 14.1 Å². The minimum Gasteiger partial charge on any atom is -0.459 e. The van der Waals surface area contributed by atoms with Crippen LogP contribution in [0, 0.1) is 17.8 Å². The largest absolute Gasteiger partial charge is 0.459 e. The Bertz CT molecular complexity index is 458. The third-order valence-corrected chi connectivity index (χ3v) is 4.99. The predicted octanol–water partition coefficient (Wildman–Crippen LogP) is 2.62. The standard InChI is InChI=1S/C15H24N2O2S/c1-10(2)12-5-4-11(3)8-13(12)19-14(18)9-17-6-7-20-15(17)16/h6-7,10-13,16H,4-5,8-9H2,1-3H3/p+1/t11-,12-,13+/m0/s1. The van der Waals surface area contributed by atoms with Crippen LogP contribution in [0.3, 0.4) is 0 Å². The summed E-state index contributed by atoms with van der Waals surface area (Å²) in [6.07, 6.45) is 5.27. The van der Waals surface area contributed by atoms with Crippen molar-refractivity contribution in [2.45, 2.75) is 52.7 Å². The molecule has 0 bridgehead atoms. The van der Waals surface area contributed by atoms with Crippen molar-refractivity contribution in [2.24, 2.45) is 17.8 Å². The van der Waals surface area contributed by atoms with Crippen molar-refractivity contribution in [2.75, 3.05) is 5.73 Å². The lowest BCUT2D eigenvalue weighted by Gasteiger charge is -2.36. The highest BCUT2D eigenvalue weighted by atomic mass is 32.1. The molecule has 20 heavy (non-hydrogen) atoms. The predicted molar refractivity (Wildman–Crippen MR) is 80.1 cm³/mol. The van der Waals surface area contributed by atoms with Gasteiger partial charge in [-0.2, -0.15) is 0 Å². The quantitative estimate of drug-likeness (QED) is 0.686. The van der Waals surface area contributed by atoms with Crippen LogP contribution in [0.5, 0.6) is 0 Å². The van der Waals surface area contributed by atoms with E-state index in [9.17, 15) is 4.79 Å². The first-order valence-corrected chi connectivity index (χ1v) is 8.27. The number of ether oxygens (including phenoxy) is 1. The number of thiazole rings is 1. The van der Waals surface area contributed by atoms with Gasteiger partial charge in [0, 0.05) is 5.38 Å². The van der Waals surface area contributed by atoms with Crippen LogP contribution in [-0.2, 0) is 16.1 Å². The number of rotatable bonds is 4. The first-order chi connectivity index (χ1) is 9.47. The van der Waals surface area contributed by atoms with Crippen LogP contribution in [-0.4, -0.2) is 12.1 Å². The third-order valence-electron chi connectivity index (χ3n) is 4.26. The minimum absolute atomic E-state index is 0.0618. The summed E-state index contributed by atoms with van der Waals surface area (Å²) in [7, 11) is 0. The molecule has 5 heteroatoms. The summed E-state index contributed by atoms with van der Waals surface area (Å²) in [4.78, 5) is 12.1. The van der Waals surface area contributed by atoms with E-state index >= 15 is 0 Å². The zero-order valence-electron chi connectivity index (χ0n) is 12.5. The van der Waals surface area contributed by atoms with E-state index in [1.807, 2.05) is 11.6 Å². The SMILES string of the molecule is CC(C)[C@@H]1CC[C@H](C)C[C@H]1OC(=O)C[n+]1ccsc1N. The number of carbonyl (C=O) groups excluding carboxylic acids is 1. The van der Waals surface area contributed by atoms with Crippen molar-refractivity contribution in [3.8, 4) is 0 Å². The molecule has 0 aromatic carbocycles. The van der Waals surface area contributed by atoms with Crippen LogP contribution in [0.2, 0.25) is 0 Å². The number of nitrogens with zero attached hydrogens (tertiary/aromatic N) is 1. The summed E-state index contributed by atoms with van der Waals surface area (Å²) < 4.78 is 7.49. The second-order valence-electron chi connectivity index (χ2n) is 6.22. The molecule has 0 radical (unpaired) electrons. The fourth-order valence-corrected chi connectivity index (χ4v) is 3.65. The molecule has 112 valence electrons. The molecule has 0 saturated heterocycles. The van der Waals surface area contributed by atoms with Crippen molar-refractivity contribution in [3.05, 3.63) is 11.6 Å². The highest BCUT2D eigenvalue weighted by molar-refractivity contribution is 7.12. The second-order valence-corrected chi connectivity index (χ2v) is 7.15. The first-order valence-electron chi connectivity index (χ1n) is 7.39.